The van der Waals surface area contributed by atoms with Gasteiger partial charge in [-0.3, -0.25) is 9.89 Å². The number of aromatic nitrogens is 2. The van der Waals surface area contributed by atoms with Crippen molar-refractivity contribution < 1.29 is 4.79 Å². The van der Waals surface area contributed by atoms with Crippen molar-refractivity contribution in [3.63, 3.8) is 0 Å². The number of benzene rings is 2. The Bertz CT molecular complexity index is 834. The molecular weight excluding hydrogens is 298 g/mol. The lowest BCUT2D eigenvalue weighted by Gasteiger charge is -2.07. The van der Waals surface area contributed by atoms with E-state index in [4.69, 9.17) is 0 Å². The molecule has 0 aliphatic heterocycles. The number of hydrogen-bond acceptors (Lipinski definition) is 2. The molecule has 122 valence electrons. The van der Waals surface area contributed by atoms with Crippen molar-refractivity contribution in [2.45, 2.75) is 26.8 Å². The lowest BCUT2D eigenvalue weighted by molar-refractivity contribution is 0.0951. The van der Waals surface area contributed by atoms with Gasteiger partial charge in [-0.1, -0.05) is 61.0 Å². The average molecular weight is 319 g/mol. The van der Waals surface area contributed by atoms with Crippen LogP contribution in [0.25, 0.3) is 11.3 Å². The SMILES string of the molecule is CCc1ccc(-c2[nH]ncc2C(=O)NCc2cccc(C)c2)cc1. The zero-order valence-corrected chi connectivity index (χ0v) is 14.0. The summed E-state index contributed by atoms with van der Waals surface area (Å²) in [7, 11) is 0. The second kappa shape index (κ2) is 7.13. The Balaban J connectivity index is 1.75. The van der Waals surface area contributed by atoms with Crippen LogP contribution in [0.2, 0.25) is 0 Å². The van der Waals surface area contributed by atoms with E-state index in [1.54, 1.807) is 6.20 Å². The Morgan fingerprint density at radius 2 is 1.92 bits per heavy atom. The molecule has 4 heteroatoms. The fourth-order valence-electron chi connectivity index (χ4n) is 2.69. The number of aryl methyl sites for hydroxylation is 2. The normalized spacial score (nSPS) is 10.6. The van der Waals surface area contributed by atoms with E-state index < -0.39 is 0 Å². The highest BCUT2D eigenvalue weighted by molar-refractivity contribution is 5.99. The first-order valence-corrected chi connectivity index (χ1v) is 8.14. The molecule has 0 bridgehead atoms. The van der Waals surface area contributed by atoms with E-state index in [1.807, 2.05) is 37.3 Å². The highest BCUT2D eigenvalue weighted by atomic mass is 16.1. The largest absolute Gasteiger partial charge is 0.348 e. The number of nitrogens with zero attached hydrogens (tertiary/aromatic N) is 1. The molecule has 0 saturated carbocycles. The van der Waals surface area contributed by atoms with Gasteiger partial charge < -0.3 is 5.32 Å². The zero-order chi connectivity index (χ0) is 16.9. The van der Waals surface area contributed by atoms with Crippen molar-refractivity contribution >= 4 is 5.91 Å². The molecule has 0 aliphatic carbocycles. The Labute approximate surface area is 141 Å². The molecule has 0 aliphatic rings. The smallest absolute Gasteiger partial charge is 0.255 e. The molecule has 0 radical (unpaired) electrons. The molecule has 24 heavy (non-hydrogen) atoms. The first-order chi connectivity index (χ1) is 11.7. The highest BCUT2D eigenvalue weighted by Gasteiger charge is 2.15. The van der Waals surface area contributed by atoms with Gasteiger partial charge in [0.15, 0.2) is 0 Å². The topological polar surface area (TPSA) is 57.8 Å². The van der Waals surface area contributed by atoms with Gasteiger partial charge in [0.2, 0.25) is 0 Å². The van der Waals surface area contributed by atoms with Crippen LogP contribution in [0.15, 0.2) is 54.7 Å². The van der Waals surface area contributed by atoms with Gasteiger partial charge in [-0.05, 0) is 24.5 Å². The van der Waals surface area contributed by atoms with Gasteiger partial charge in [0.25, 0.3) is 5.91 Å². The summed E-state index contributed by atoms with van der Waals surface area (Å²) in [6.07, 6.45) is 2.57. The molecule has 1 aromatic heterocycles. The lowest BCUT2D eigenvalue weighted by Crippen LogP contribution is -2.23. The number of aromatic amines is 1. The average Bonchev–Trinajstić information content (AvgIpc) is 3.09. The summed E-state index contributed by atoms with van der Waals surface area (Å²) in [5.74, 6) is -0.125. The Morgan fingerprint density at radius 1 is 1.12 bits per heavy atom. The molecule has 0 atom stereocenters. The Hall–Kier alpha value is -2.88. The first kappa shape index (κ1) is 16.0. The van der Waals surface area contributed by atoms with Crippen LogP contribution < -0.4 is 5.32 Å². The predicted molar refractivity (Wildman–Crippen MR) is 95.8 cm³/mol. The van der Waals surface area contributed by atoms with Crippen LogP contribution in [0.3, 0.4) is 0 Å². The summed E-state index contributed by atoms with van der Waals surface area (Å²) in [5, 5.41) is 9.94. The van der Waals surface area contributed by atoms with E-state index in [2.05, 4.69) is 40.6 Å². The molecule has 0 spiro atoms. The molecule has 0 unspecified atom stereocenters. The van der Waals surface area contributed by atoms with Crippen LogP contribution in [0.1, 0.15) is 34.0 Å². The summed E-state index contributed by atoms with van der Waals surface area (Å²) in [6, 6.07) is 16.3. The van der Waals surface area contributed by atoms with Gasteiger partial charge in [0.05, 0.1) is 17.5 Å². The maximum absolute atomic E-state index is 12.5. The number of amides is 1. The molecule has 0 saturated heterocycles. The van der Waals surface area contributed by atoms with Gasteiger partial charge in [-0.25, -0.2) is 0 Å². The zero-order valence-electron chi connectivity index (χ0n) is 14.0. The molecule has 0 fully saturated rings. The van der Waals surface area contributed by atoms with E-state index in [1.165, 1.54) is 11.1 Å². The number of carbonyl (C=O) groups is 1. The molecular formula is C20H21N3O. The summed E-state index contributed by atoms with van der Waals surface area (Å²) in [6.45, 7) is 4.66. The number of rotatable bonds is 5. The minimum Gasteiger partial charge on any atom is -0.348 e. The van der Waals surface area contributed by atoms with Gasteiger partial charge >= 0.3 is 0 Å². The van der Waals surface area contributed by atoms with Crippen LogP contribution in [0.5, 0.6) is 0 Å². The molecule has 2 N–H and O–H groups in total. The predicted octanol–water partition coefficient (Wildman–Crippen LogP) is 3.88. The van der Waals surface area contributed by atoms with Gasteiger partial charge in [-0.15, -0.1) is 0 Å². The Morgan fingerprint density at radius 3 is 2.62 bits per heavy atom. The third-order valence-corrected chi connectivity index (χ3v) is 4.07. The highest BCUT2D eigenvalue weighted by Crippen LogP contribution is 2.21. The summed E-state index contributed by atoms with van der Waals surface area (Å²) in [4.78, 5) is 12.5. The van der Waals surface area contributed by atoms with E-state index in [9.17, 15) is 4.79 Å². The lowest BCUT2D eigenvalue weighted by atomic mass is 10.0. The second-order valence-corrected chi connectivity index (χ2v) is 5.88. The van der Waals surface area contributed by atoms with Crippen molar-refractivity contribution in [2.75, 3.05) is 0 Å². The van der Waals surface area contributed by atoms with E-state index >= 15 is 0 Å². The van der Waals surface area contributed by atoms with Crippen LogP contribution >= 0.6 is 0 Å². The maximum Gasteiger partial charge on any atom is 0.255 e. The molecule has 4 nitrogen and oxygen atoms in total. The van der Waals surface area contributed by atoms with Crippen molar-refractivity contribution in [1.82, 2.24) is 15.5 Å². The summed E-state index contributed by atoms with van der Waals surface area (Å²) in [5.41, 5.74) is 5.81. The van der Waals surface area contributed by atoms with Crippen LogP contribution in [0.4, 0.5) is 0 Å². The minimum atomic E-state index is -0.125. The molecule has 1 heterocycles. The van der Waals surface area contributed by atoms with Crippen molar-refractivity contribution in [1.29, 1.82) is 0 Å². The molecule has 2 aromatic carbocycles. The van der Waals surface area contributed by atoms with Gasteiger partial charge in [0, 0.05) is 12.1 Å². The van der Waals surface area contributed by atoms with E-state index in [0.29, 0.717) is 12.1 Å². The van der Waals surface area contributed by atoms with Crippen LogP contribution in [-0.2, 0) is 13.0 Å². The third-order valence-electron chi connectivity index (χ3n) is 4.07. The molecule has 1 amide bonds. The fraction of sp³-hybridized carbons (Fsp3) is 0.200. The van der Waals surface area contributed by atoms with E-state index in [-0.39, 0.29) is 5.91 Å². The monoisotopic (exact) mass is 319 g/mol. The van der Waals surface area contributed by atoms with Crippen LogP contribution in [-0.4, -0.2) is 16.1 Å². The maximum atomic E-state index is 12.5. The van der Waals surface area contributed by atoms with Gasteiger partial charge in [-0.2, -0.15) is 5.10 Å². The van der Waals surface area contributed by atoms with Crippen molar-refractivity contribution in [3.05, 3.63) is 77.0 Å². The number of H-pyrrole nitrogens is 1. The third kappa shape index (κ3) is 3.54. The minimum absolute atomic E-state index is 0.125. The van der Waals surface area contributed by atoms with Crippen LogP contribution in [0, 0.1) is 6.92 Å². The van der Waals surface area contributed by atoms with Crippen molar-refractivity contribution in [2.24, 2.45) is 0 Å². The standard InChI is InChI=1S/C20H21N3O/c1-3-15-7-9-17(10-8-15)19-18(13-22-23-19)20(24)21-12-16-6-4-5-14(2)11-16/h4-11,13H,3,12H2,1-2H3,(H,21,24)(H,22,23). The quantitative estimate of drug-likeness (QED) is 0.750. The summed E-state index contributed by atoms with van der Waals surface area (Å²) < 4.78 is 0. The molecule has 3 rings (SSSR count). The molecule has 3 aromatic rings. The number of hydrogen-bond donors (Lipinski definition) is 2. The number of nitrogens with one attached hydrogen (secondary N) is 2. The van der Waals surface area contributed by atoms with Gasteiger partial charge in [0.1, 0.15) is 0 Å². The first-order valence-electron chi connectivity index (χ1n) is 8.14. The van der Waals surface area contributed by atoms with E-state index in [0.717, 1.165) is 23.2 Å². The van der Waals surface area contributed by atoms with Crippen molar-refractivity contribution in [3.8, 4) is 11.3 Å². The number of carbonyl (C=O) groups excluding carboxylic acids is 1. The summed E-state index contributed by atoms with van der Waals surface area (Å²) >= 11 is 0. The second-order valence-electron chi connectivity index (χ2n) is 5.88. The fourth-order valence-corrected chi connectivity index (χ4v) is 2.69. The Kier molecular flexibility index (Phi) is 4.75.